The highest BCUT2D eigenvalue weighted by atomic mass is 19.1. The van der Waals surface area contributed by atoms with Crippen molar-refractivity contribution in [2.24, 2.45) is 0 Å². The summed E-state index contributed by atoms with van der Waals surface area (Å²) in [6.07, 6.45) is 3.32. The number of hydrogen-bond acceptors (Lipinski definition) is 3. The maximum atomic E-state index is 13.5. The van der Waals surface area contributed by atoms with E-state index in [4.69, 9.17) is 5.26 Å². The number of aromatic nitrogens is 2. The smallest absolute Gasteiger partial charge is 0.131 e. The molecule has 18 heavy (non-hydrogen) atoms. The highest BCUT2D eigenvalue weighted by Crippen LogP contribution is 2.15. The summed E-state index contributed by atoms with van der Waals surface area (Å²) in [6, 6.07) is 3.75. The predicted molar refractivity (Wildman–Crippen MR) is 60.2 cm³/mol. The van der Waals surface area contributed by atoms with E-state index in [1.807, 2.05) is 0 Å². The number of H-pyrrole nitrogens is 1. The minimum Gasteiger partial charge on any atom is -0.308 e. The van der Waals surface area contributed by atoms with Gasteiger partial charge in [-0.3, -0.25) is 5.10 Å². The summed E-state index contributed by atoms with van der Waals surface area (Å²) in [6.45, 7) is 0.504. The third-order valence-electron chi connectivity index (χ3n) is 2.46. The molecule has 0 fully saturated rings. The molecule has 2 rings (SSSR count). The lowest BCUT2D eigenvalue weighted by molar-refractivity contribution is 0.535. The maximum Gasteiger partial charge on any atom is 0.131 e. The van der Waals surface area contributed by atoms with Gasteiger partial charge in [0, 0.05) is 30.4 Å². The molecule has 0 amide bonds. The second kappa shape index (κ2) is 5.38. The van der Waals surface area contributed by atoms with E-state index < -0.39 is 11.6 Å². The van der Waals surface area contributed by atoms with Crippen LogP contribution in [0.25, 0.3) is 0 Å². The Bertz CT molecular complexity index is 549. The predicted octanol–water partition coefficient (Wildman–Crippen LogP) is 1.85. The van der Waals surface area contributed by atoms with Crippen LogP contribution in [-0.4, -0.2) is 10.2 Å². The van der Waals surface area contributed by atoms with Crippen molar-refractivity contribution < 1.29 is 8.78 Å². The van der Waals surface area contributed by atoms with Gasteiger partial charge in [0.2, 0.25) is 0 Å². The van der Waals surface area contributed by atoms with E-state index in [1.54, 1.807) is 18.5 Å². The molecule has 0 saturated heterocycles. The molecule has 0 bridgehead atoms. The molecule has 0 aliphatic carbocycles. The molecule has 4 nitrogen and oxygen atoms in total. The lowest BCUT2D eigenvalue weighted by Crippen LogP contribution is -2.15. The Kier molecular flexibility index (Phi) is 3.65. The van der Waals surface area contributed by atoms with Gasteiger partial charge in [-0.15, -0.1) is 0 Å². The molecule has 1 aromatic heterocycles. The Labute approximate surface area is 102 Å². The van der Waals surface area contributed by atoms with Crippen molar-refractivity contribution in [3.05, 3.63) is 52.9 Å². The van der Waals surface area contributed by atoms with Gasteiger partial charge in [0.15, 0.2) is 0 Å². The fourth-order valence-electron chi connectivity index (χ4n) is 1.54. The minimum absolute atomic E-state index is 0.0245. The van der Waals surface area contributed by atoms with Crippen LogP contribution in [0.5, 0.6) is 0 Å². The van der Waals surface area contributed by atoms with Crippen LogP contribution >= 0.6 is 0 Å². The van der Waals surface area contributed by atoms with Crippen molar-refractivity contribution in [1.29, 1.82) is 5.26 Å². The molecule has 0 aliphatic rings. The zero-order valence-corrected chi connectivity index (χ0v) is 9.37. The minimum atomic E-state index is -0.716. The van der Waals surface area contributed by atoms with Gasteiger partial charge in [0.25, 0.3) is 0 Å². The van der Waals surface area contributed by atoms with Gasteiger partial charge in [0.05, 0.1) is 17.8 Å². The van der Waals surface area contributed by atoms with E-state index in [1.165, 1.54) is 0 Å². The molecule has 92 valence electrons. The highest BCUT2D eigenvalue weighted by Gasteiger charge is 2.10. The number of halogens is 2. The van der Waals surface area contributed by atoms with E-state index in [2.05, 4.69) is 15.5 Å². The van der Waals surface area contributed by atoms with Crippen molar-refractivity contribution in [2.45, 2.75) is 13.1 Å². The summed E-state index contributed by atoms with van der Waals surface area (Å²) in [5.74, 6) is -1.43. The Hall–Kier alpha value is -2.26. The summed E-state index contributed by atoms with van der Waals surface area (Å²) >= 11 is 0. The second-order valence-electron chi connectivity index (χ2n) is 3.74. The second-order valence-corrected chi connectivity index (χ2v) is 3.74. The molecule has 0 saturated carbocycles. The summed E-state index contributed by atoms with van der Waals surface area (Å²) < 4.78 is 27.0. The number of nitriles is 1. The molecule has 2 N–H and O–H groups in total. The summed E-state index contributed by atoms with van der Waals surface area (Å²) in [4.78, 5) is 0. The average molecular weight is 248 g/mol. The number of benzene rings is 1. The van der Waals surface area contributed by atoms with Gasteiger partial charge in [-0.1, -0.05) is 0 Å². The van der Waals surface area contributed by atoms with Crippen LogP contribution < -0.4 is 5.32 Å². The SMILES string of the molecule is N#Cc1cc(F)c(CNCc2cn[nH]c2)c(F)c1. The molecular formula is C12H10F2N4. The summed E-state index contributed by atoms with van der Waals surface area (Å²) in [5, 5.41) is 17.9. The third kappa shape index (κ3) is 2.70. The first kappa shape index (κ1) is 12.2. The van der Waals surface area contributed by atoms with Gasteiger partial charge in [-0.05, 0) is 12.1 Å². The van der Waals surface area contributed by atoms with E-state index in [-0.39, 0.29) is 17.7 Å². The van der Waals surface area contributed by atoms with Crippen LogP contribution in [0, 0.1) is 23.0 Å². The van der Waals surface area contributed by atoms with Crippen molar-refractivity contribution in [3.8, 4) is 6.07 Å². The van der Waals surface area contributed by atoms with Crippen LogP contribution in [0.4, 0.5) is 8.78 Å². The quantitative estimate of drug-likeness (QED) is 0.867. The van der Waals surface area contributed by atoms with Crippen LogP contribution in [-0.2, 0) is 13.1 Å². The van der Waals surface area contributed by atoms with Crippen LogP contribution in [0.2, 0.25) is 0 Å². The molecular weight excluding hydrogens is 238 g/mol. The molecule has 1 aromatic carbocycles. The first-order valence-electron chi connectivity index (χ1n) is 5.27. The zero-order valence-electron chi connectivity index (χ0n) is 9.37. The normalized spacial score (nSPS) is 10.3. The van der Waals surface area contributed by atoms with Crippen LogP contribution in [0.3, 0.4) is 0 Å². The number of nitrogens with zero attached hydrogens (tertiary/aromatic N) is 2. The first-order chi connectivity index (χ1) is 8.70. The Morgan fingerprint density at radius 1 is 1.28 bits per heavy atom. The monoisotopic (exact) mass is 248 g/mol. The Balaban J connectivity index is 2.03. The number of rotatable bonds is 4. The molecule has 2 aromatic rings. The number of hydrogen-bond donors (Lipinski definition) is 2. The fourth-order valence-corrected chi connectivity index (χ4v) is 1.54. The average Bonchev–Trinajstić information content (AvgIpc) is 2.85. The molecule has 0 unspecified atom stereocenters. The fraction of sp³-hybridized carbons (Fsp3) is 0.167. The summed E-state index contributed by atoms with van der Waals surface area (Å²) in [7, 11) is 0. The molecule has 1 heterocycles. The van der Waals surface area contributed by atoms with E-state index in [0.717, 1.165) is 17.7 Å². The van der Waals surface area contributed by atoms with Gasteiger partial charge < -0.3 is 5.32 Å². The third-order valence-corrected chi connectivity index (χ3v) is 2.46. The zero-order chi connectivity index (χ0) is 13.0. The Morgan fingerprint density at radius 3 is 2.56 bits per heavy atom. The number of nitrogens with one attached hydrogen (secondary N) is 2. The Morgan fingerprint density at radius 2 is 2.00 bits per heavy atom. The lowest BCUT2D eigenvalue weighted by Gasteiger charge is -2.06. The number of aromatic amines is 1. The molecule has 0 spiro atoms. The van der Waals surface area contributed by atoms with Crippen molar-refractivity contribution in [3.63, 3.8) is 0 Å². The lowest BCUT2D eigenvalue weighted by atomic mass is 10.1. The van der Waals surface area contributed by atoms with E-state index in [9.17, 15) is 8.78 Å². The van der Waals surface area contributed by atoms with Gasteiger partial charge in [0.1, 0.15) is 11.6 Å². The maximum absolute atomic E-state index is 13.5. The largest absolute Gasteiger partial charge is 0.308 e. The van der Waals surface area contributed by atoms with Crippen molar-refractivity contribution >= 4 is 0 Å². The standard InChI is InChI=1S/C12H10F2N4/c13-11-1-8(3-15)2-12(14)10(11)7-16-4-9-5-17-18-6-9/h1-2,5-6,16H,4,7H2,(H,17,18). The van der Waals surface area contributed by atoms with Crippen LogP contribution in [0.1, 0.15) is 16.7 Å². The van der Waals surface area contributed by atoms with Gasteiger partial charge in [-0.2, -0.15) is 10.4 Å². The van der Waals surface area contributed by atoms with Crippen LogP contribution in [0.15, 0.2) is 24.5 Å². The molecule has 0 radical (unpaired) electrons. The van der Waals surface area contributed by atoms with Crippen molar-refractivity contribution in [2.75, 3.05) is 0 Å². The van der Waals surface area contributed by atoms with Gasteiger partial charge in [-0.25, -0.2) is 8.78 Å². The van der Waals surface area contributed by atoms with E-state index >= 15 is 0 Å². The highest BCUT2D eigenvalue weighted by molar-refractivity contribution is 5.34. The topological polar surface area (TPSA) is 64.5 Å². The molecule has 0 aliphatic heterocycles. The molecule has 6 heteroatoms. The first-order valence-corrected chi connectivity index (χ1v) is 5.27. The van der Waals surface area contributed by atoms with Gasteiger partial charge >= 0.3 is 0 Å². The van der Waals surface area contributed by atoms with E-state index in [0.29, 0.717) is 6.54 Å². The summed E-state index contributed by atoms with van der Waals surface area (Å²) in [5.41, 5.74) is 0.797. The van der Waals surface area contributed by atoms with Crippen molar-refractivity contribution in [1.82, 2.24) is 15.5 Å². The molecule has 0 atom stereocenters.